The monoisotopic (exact) mass is 337 g/mol. The van der Waals surface area contributed by atoms with Crippen molar-refractivity contribution in [1.82, 2.24) is 5.32 Å². The third-order valence-electron chi connectivity index (χ3n) is 4.05. The molecule has 0 bridgehead atoms. The lowest BCUT2D eigenvalue weighted by Gasteiger charge is -2.20. The first-order chi connectivity index (χ1) is 11.8. The Morgan fingerprint density at radius 1 is 1.08 bits per heavy atom. The molecular formula is C20H23N3O2. The fourth-order valence-electron chi connectivity index (χ4n) is 2.94. The summed E-state index contributed by atoms with van der Waals surface area (Å²) in [4.78, 5) is 24.1. The van der Waals surface area contributed by atoms with Crippen LogP contribution < -0.4 is 16.0 Å². The minimum absolute atomic E-state index is 0.0351. The SMILES string of the molecule is CC(C)(C)NC(=O)Nc1ccc(CC2C(=O)Nc3ccccc32)cc1. The van der Waals surface area contributed by atoms with Gasteiger partial charge in [0.25, 0.3) is 0 Å². The molecule has 1 aliphatic rings. The van der Waals surface area contributed by atoms with Gasteiger partial charge in [0.2, 0.25) is 5.91 Å². The van der Waals surface area contributed by atoms with Crippen LogP contribution in [0.15, 0.2) is 48.5 Å². The molecule has 3 rings (SSSR count). The van der Waals surface area contributed by atoms with Gasteiger partial charge in [0.15, 0.2) is 0 Å². The van der Waals surface area contributed by atoms with E-state index in [4.69, 9.17) is 0 Å². The maximum atomic E-state index is 12.2. The molecule has 1 atom stereocenters. The molecule has 2 aromatic carbocycles. The van der Waals surface area contributed by atoms with Gasteiger partial charge in [-0.05, 0) is 56.5 Å². The highest BCUT2D eigenvalue weighted by molar-refractivity contribution is 6.03. The van der Waals surface area contributed by atoms with Crippen LogP contribution in [0.1, 0.15) is 37.8 Å². The molecule has 0 spiro atoms. The minimum atomic E-state index is -0.284. The summed E-state index contributed by atoms with van der Waals surface area (Å²) in [6.07, 6.45) is 0.636. The predicted molar refractivity (Wildman–Crippen MR) is 99.9 cm³/mol. The molecule has 5 heteroatoms. The molecule has 2 aromatic rings. The van der Waals surface area contributed by atoms with Crippen molar-refractivity contribution < 1.29 is 9.59 Å². The normalized spacial score (nSPS) is 16.1. The summed E-state index contributed by atoms with van der Waals surface area (Å²) >= 11 is 0. The maximum absolute atomic E-state index is 12.2. The number of benzene rings is 2. The van der Waals surface area contributed by atoms with E-state index < -0.39 is 0 Å². The molecule has 0 saturated heterocycles. The number of fused-ring (bicyclic) bond motifs is 1. The summed E-state index contributed by atoms with van der Waals surface area (Å²) in [5, 5.41) is 8.59. The highest BCUT2D eigenvalue weighted by atomic mass is 16.2. The zero-order valence-corrected chi connectivity index (χ0v) is 14.7. The second kappa shape index (κ2) is 6.59. The van der Waals surface area contributed by atoms with Gasteiger partial charge in [0.05, 0.1) is 5.92 Å². The number of urea groups is 1. The number of para-hydroxylation sites is 1. The molecular weight excluding hydrogens is 314 g/mol. The van der Waals surface area contributed by atoms with E-state index in [0.717, 1.165) is 22.5 Å². The standard InChI is InChI=1S/C20H23N3O2/c1-20(2,3)23-19(25)21-14-10-8-13(9-11-14)12-16-15-6-4-5-7-17(15)22-18(16)24/h4-11,16H,12H2,1-3H3,(H,22,24)(H2,21,23,25). The number of amides is 3. The van der Waals surface area contributed by atoms with Gasteiger partial charge in [-0.3, -0.25) is 4.79 Å². The Morgan fingerprint density at radius 3 is 2.44 bits per heavy atom. The molecule has 3 amide bonds. The van der Waals surface area contributed by atoms with Crippen LogP contribution in [0.25, 0.3) is 0 Å². The van der Waals surface area contributed by atoms with E-state index in [1.165, 1.54) is 0 Å². The van der Waals surface area contributed by atoms with E-state index >= 15 is 0 Å². The van der Waals surface area contributed by atoms with Crippen molar-refractivity contribution in [3.8, 4) is 0 Å². The fraction of sp³-hybridized carbons (Fsp3) is 0.300. The Morgan fingerprint density at radius 2 is 1.76 bits per heavy atom. The lowest BCUT2D eigenvalue weighted by atomic mass is 9.93. The second-order valence-electron chi connectivity index (χ2n) is 7.36. The number of hydrogen-bond donors (Lipinski definition) is 3. The van der Waals surface area contributed by atoms with Gasteiger partial charge in [-0.15, -0.1) is 0 Å². The maximum Gasteiger partial charge on any atom is 0.319 e. The van der Waals surface area contributed by atoms with Crippen molar-refractivity contribution in [3.63, 3.8) is 0 Å². The van der Waals surface area contributed by atoms with E-state index in [-0.39, 0.29) is 23.4 Å². The van der Waals surface area contributed by atoms with Gasteiger partial charge in [-0.25, -0.2) is 4.79 Å². The fourth-order valence-corrected chi connectivity index (χ4v) is 2.94. The van der Waals surface area contributed by atoms with Gasteiger partial charge in [-0.1, -0.05) is 30.3 Å². The first-order valence-corrected chi connectivity index (χ1v) is 8.40. The molecule has 0 fully saturated rings. The molecule has 0 aromatic heterocycles. The van der Waals surface area contributed by atoms with Crippen molar-refractivity contribution in [1.29, 1.82) is 0 Å². The summed E-state index contributed by atoms with van der Waals surface area (Å²) in [6, 6.07) is 15.2. The largest absolute Gasteiger partial charge is 0.333 e. The molecule has 1 unspecified atom stereocenters. The van der Waals surface area contributed by atoms with Crippen molar-refractivity contribution in [3.05, 3.63) is 59.7 Å². The lowest BCUT2D eigenvalue weighted by Crippen LogP contribution is -2.43. The zero-order valence-electron chi connectivity index (χ0n) is 14.7. The second-order valence-corrected chi connectivity index (χ2v) is 7.36. The molecule has 1 aliphatic heterocycles. The summed E-state index contributed by atoms with van der Waals surface area (Å²) < 4.78 is 0. The summed E-state index contributed by atoms with van der Waals surface area (Å²) in [5.41, 5.74) is 3.43. The first kappa shape index (κ1) is 17.0. The van der Waals surface area contributed by atoms with E-state index in [0.29, 0.717) is 6.42 Å². The zero-order chi connectivity index (χ0) is 18.0. The number of anilines is 2. The third-order valence-corrected chi connectivity index (χ3v) is 4.05. The van der Waals surface area contributed by atoms with Crippen LogP contribution in [0.3, 0.4) is 0 Å². The molecule has 0 saturated carbocycles. The smallest absolute Gasteiger partial charge is 0.319 e. The summed E-state index contributed by atoms with van der Waals surface area (Å²) in [5.74, 6) is -0.132. The number of hydrogen-bond acceptors (Lipinski definition) is 2. The Bertz CT molecular complexity index is 791. The molecule has 1 heterocycles. The average Bonchev–Trinajstić information content (AvgIpc) is 2.83. The van der Waals surface area contributed by atoms with E-state index in [2.05, 4.69) is 16.0 Å². The Balaban J connectivity index is 1.65. The Kier molecular flexibility index (Phi) is 4.49. The van der Waals surface area contributed by atoms with Gasteiger partial charge in [0, 0.05) is 16.9 Å². The van der Waals surface area contributed by atoms with Gasteiger partial charge in [-0.2, -0.15) is 0 Å². The van der Waals surface area contributed by atoms with Crippen LogP contribution in [0.4, 0.5) is 16.2 Å². The molecule has 0 radical (unpaired) electrons. The number of carbonyl (C=O) groups excluding carboxylic acids is 2. The molecule has 25 heavy (non-hydrogen) atoms. The van der Waals surface area contributed by atoms with Crippen molar-refractivity contribution >= 4 is 23.3 Å². The first-order valence-electron chi connectivity index (χ1n) is 8.40. The topological polar surface area (TPSA) is 70.2 Å². The highest BCUT2D eigenvalue weighted by Gasteiger charge is 2.29. The highest BCUT2D eigenvalue weighted by Crippen LogP contribution is 2.34. The van der Waals surface area contributed by atoms with Crippen molar-refractivity contribution in [2.45, 2.75) is 38.6 Å². The molecule has 5 nitrogen and oxygen atoms in total. The van der Waals surface area contributed by atoms with Crippen molar-refractivity contribution in [2.75, 3.05) is 10.6 Å². The van der Waals surface area contributed by atoms with Crippen molar-refractivity contribution in [2.24, 2.45) is 0 Å². The summed E-state index contributed by atoms with van der Waals surface area (Å²) in [7, 11) is 0. The van der Waals surface area contributed by atoms with Crippen LogP contribution in [0.5, 0.6) is 0 Å². The third kappa shape index (κ3) is 4.18. The Labute approximate surface area is 147 Å². The lowest BCUT2D eigenvalue weighted by molar-refractivity contribution is -0.117. The van der Waals surface area contributed by atoms with E-state index in [1.807, 2.05) is 69.3 Å². The van der Waals surface area contributed by atoms with E-state index in [1.54, 1.807) is 0 Å². The number of nitrogens with one attached hydrogen (secondary N) is 3. The molecule has 130 valence electrons. The van der Waals surface area contributed by atoms with Crippen LogP contribution in [0, 0.1) is 0 Å². The van der Waals surface area contributed by atoms with Crippen LogP contribution in [0.2, 0.25) is 0 Å². The van der Waals surface area contributed by atoms with E-state index in [9.17, 15) is 9.59 Å². The van der Waals surface area contributed by atoms with Gasteiger partial charge < -0.3 is 16.0 Å². The number of carbonyl (C=O) groups is 2. The summed E-state index contributed by atoms with van der Waals surface area (Å²) in [6.45, 7) is 5.79. The minimum Gasteiger partial charge on any atom is -0.333 e. The van der Waals surface area contributed by atoms with Gasteiger partial charge >= 0.3 is 6.03 Å². The van der Waals surface area contributed by atoms with Crippen LogP contribution in [-0.4, -0.2) is 17.5 Å². The number of rotatable bonds is 3. The quantitative estimate of drug-likeness (QED) is 0.795. The molecule has 3 N–H and O–H groups in total. The van der Waals surface area contributed by atoms with Crippen LogP contribution in [-0.2, 0) is 11.2 Å². The predicted octanol–water partition coefficient (Wildman–Crippen LogP) is 3.89. The Hall–Kier alpha value is -2.82. The van der Waals surface area contributed by atoms with Crippen LogP contribution >= 0.6 is 0 Å². The average molecular weight is 337 g/mol. The molecule has 0 aliphatic carbocycles. The van der Waals surface area contributed by atoms with Gasteiger partial charge in [0.1, 0.15) is 0 Å².